The number of pyridine rings is 1. The third-order valence-electron chi connectivity index (χ3n) is 7.77. The van der Waals surface area contributed by atoms with Gasteiger partial charge in [0.1, 0.15) is 22.8 Å². The molecule has 0 bridgehead atoms. The van der Waals surface area contributed by atoms with Crippen LogP contribution < -0.4 is 14.4 Å². The van der Waals surface area contributed by atoms with Crippen molar-refractivity contribution in [3.05, 3.63) is 87.8 Å². The molecular weight excluding hydrogens is 608 g/mol. The van der Waals surface area contributed by atoms with E-state index in [9.17, 15) is 19.5 Å². The van der Waals surface area contributed by atoms with Gasteiger partial charge in [0.2, 0.25) is 0 Å². The number of benzene rings is 1. The monoisotopic (exact) mass is 644 g/mol. The van der Waals surface area contributed by atoms with E-state index in [2.05, 4.69) is 23.5 Å². The lowest BCUT2D eigenvalue weighted by molar-refractivity contribution is -0.132. The largest absolute Gasteiger partial charge is 0.505 e. The first-order valence-electron chi connectivity index (χ1n) is 14.9. The molecule has 0 aliphatic carbocycles. The second kappa shape index (κ2) is 13.6. The summed E-state index contributed by atoms with van der Waals surface area (Å²) in [6.45, 7) is 11.5. The van der Waals surface area contributed by atoms with Gasteiger partial charge in [-0.15, -0.1) is 0 Å². The van der Waals surface area contributed by atoms with E-state index < -0.39 is 29.5 Å². The van der Waals surface area contributed by atoms with Crippen molar-refractivity contribution >= 4 is 45.5 Å². The van der Waals surface area contributed by atoms with Gasteiger partial charge in [0, 0.05) is 6.20 Å². The molecule has 1 aromatic carbocycles. The summed E-state index contributed by atoms with van der Waals surface area (Å²) in [4.78, 5) is 50.9. The van der Waals surface area contributed by atoms with Crippen LogP contribution in [0.1, 0.15) is 70.1 Å². The number of imidazole rings is 1. The Bertz CT molecular complexity index is 1870. The lowest BCUT2D eigenvalue weighted by Gasteiger charge is -2.24. The molecule has 1 aliphatic rings. The number of aryl methyl sites for hydroxylation is 3. The molecule has 12 heteroatoms. The number of unbranched alkanes of at least 4 members (excludes halogenated alkanes) is 2. The number of aliphatic hydroxyl groups excluding tert-OH is 1. The number of fused-ring (bicyclic) bond motifs is 1. The second-order valence-corrected chi connectivity index (χ2v) is 11.8. The summed E-state index contributed by atoms with van der Waals surface area (Å²) in [7, 11) is 1.50. The summed E-state index contributed by atoms with van der Waals surface area (Å²) in [5, 5.41) is 11.9. The molecule has 1 aliphatic heterocycles. The Morgan fingerprint density at radius 3 is 2.61 bits per heavy atom. The lowest BCUT2D eigenvalue weighted by Crippen LogP contribution is -2.29. The van der Waals surface area contributed by atoms with Crippen LogP contribution in [0.25, 0.3) is 11.4 Å². The molecule has 1 saturated heterocycles. The summed E-state index contributed by atoms with van der Waals surface area (Å²) in [6.07, 6.45) is 6.20. The average Bonchev–Trinajstić information content (AvgIpc) is 3.69. The number of hydrogen-bond acceptors (Lipinski definition) is 10. The summed E-state index contributed by atoms with van der Waals surface area (Å²) in [6, 6.07) is 7.73. The second-order valence-electron chi connectivity index (χ2n) is 10.9. The van der Waals surface area contributed by atoms with E-state index in [1.54, 1.807) is 32.0 Å². The fraction of sp³-hybridized carbons (Fsp3) is 0.324. The van der Waals surface area contributed by atoms with Gasteiger partial charge in [-0.25, -0.2) is 14.8 Å². The Morgan fingerprint density at radius 1 is 1.13 bits per heavy atom. The van der Waals surface area contributed by atoms with E-state index in [0.29, 0.717) is 40.7 Å². The number of rotatable bonds is 12. The lowest BCUT2D eigenvalue weighted by atomic mass is 9.96. The van der Waals surface area contributed by atoms with Crippen LogP contribution in [0.4, 0.5) is 5.13 Å². The van der Waals surface area contributed by atoms with Crippen molar-refractivity contribution in [3.63, 3.8) is 0 Å². The summed E-state index contributed by atoms with van der Waals surface area (Å²) < 4.78 is 18.6. The van der Waals surface area contributed by atoms with E-state index in [1.165, 1.54) is 18.1 Å². The molecule has 1 N–H and O–H groups in total. The maximum atomic E-state index is 13.8. The van der Waals surface area contributed by atoms with Crippen molar-refractivity contribution in [1.29, 1.82) is 0 Å². The number of carbonyl (C=O) groups is 3. The van der Waals surface area contributed by atoms with E-state index >= 15 is 0 Å². The molecule has 46 heavy (non-hydrogen) atoms. The number of amides is 1. The van der Waals surface area contributed by atoms with Crippen molar-refractivity contribution in [2.45, 2.75) is 53.0 Å². The number of esters is 1. The van der Waals surface area contributed by atoms with Crippen LogP contribution in [0.5, 0.6) is 11.5 Å². The standard InChI is InChI=1S/C34H36N4O7S/c1-7-9-10-17-44-23-14-13-22(18-24(23)43-6)27-25(28(39)26-21(5)37-15-11-12-19(3)31(37)36-26)29(40)32(41)38(27)34-35-20(4)30(46-34)33(42)45-16-8-2/h8,11-15,18,27,39H,2,7,9-10,16-17H2,1,3-6H3/b28-25+. The Hall–Kier alpha value is -4.97. The molecule has 3 aromatic heterocycles. The minimum atomic E-state index is -1.13. The number of methoxy groups -OCH3 is 1. The highest BCUT2D eigenvalue weighted by atomic mass is 32.1. The zero-order valence-electron chi connectivity index (χ0n) is 26.5. The molecule has 4 aromatic rings. The zero-order valence-corrected chi connectivity index (χ0v) is 27.3. The Balaban J connectivity index is 1.68. The molecular formula is C34H36N4O7S. The molecule has 1 amide bonds. The van der Waals surface area contributed by atoms with Gasteiger partial charge in [0.15, 0.2) is 22.4 Å². The summed E-state index contributed by atoms with van der Waals surface area (Å²) in [5.74, 6) is -1.99. The molecule has 0 spiro atoms. The normalized spacial score (nSPS) is 15.8. The van der Waals surface area contributed by atoms with Gasteiger partial charge in [-0.3, -0.25) is 14.5 Å². The maximum Gasteiger partial charge on any atom is 0.350 e. The van der Waals surface area contributed by atoms with Crippen molar-refractivity contribution in [3.8, 4) is 11.5 Å². The number of ether oxygens (including phenoxy) is 3. The molecule has 1 unspecified atom stereocenters. The highest BCUT2D eigenvalue weighted by Gasteiger charge is 2.49. The van der Waals surface area contributed by atoms with Gasteiger partial charge in [-0.1, -0.05) is 55.9 Å². The van der Waals surface area contributed by atoms with Gasteiger partial charge >= 0.3 is 11.9 Å². The van der Waals surface area contributed by atoms with E-state index in [0.717, 1.165) is 36.2 Å². The summed E-state index contributed by atoms with van der Waals surface area (Å²) >= 11 is 0.920. The highest BCUT2D eigenvalue weighted by molar-refractivity contribution is 7.17. The Labute approximate surface area is 270 Å². The number of Topliss-reactive ketones (excluding diaryl/α,β-unsaturated/α-hetero) is 1. The molecule has 0 radical (unpaired) electrons. The number of anilines is 1. The third-order valence-corrected chi connectivity index (χ3v) is 8.91. The Morgan fingerprint density at radius 2 is 1.91 bits per heavy atom. The predicted octanol–water partition coefficient (Wildman–Crippen LogP) is 6.26. The number of ketones is 1. The maximum absolute atomic E-state index is 13.8. The fourth-order valence-electron chi connectivity index (χ4n) is 5.40. The minimum absolute atomic E-state index is 0.000513. The van der Waals surface area contributed by atoms with Gasteiger partial charge in [0.25, 0.3) is 5.78 Å². The first kappa shape index (κ1) is 32.4. The quantitative estimate of drug-likeness (QED) is 0.0474. The van der Waals surface area contributed by atoms with E-state index in [1.807, 2.05) is 29.7 Å². The van der Waals surface area contributed by atoms with Crippen molar-refractivity contribution < 1.29 is 33.7 Å². The molecule has 1 fully saturated rings. The van der Waals surface area contributed by atoms with Gasteiger partial charge in [0.05, 0.1) is 36.7 Å². The van der Waals surface area contributed by atoms with Crippen LogP contribution in [-0.4, -0.2) is 57.5 Å². The molecule has 240 valence electrons. The third kappa shape index (κ3) is 5.87. The smallest absolute Gasteiger partial charge is 0.350 e. The number of nitrogens with zero attached hydrogens (tertiary/aromatic N) is 4. The van der Waals surface area contributed by atoms with Crippen LogP contribution in [-0.2, 0) is 14.3 Å². The average molecular weight is 645 g/mol. The van der Waals surface area contributed by atoms with Gasteiger partial charge in [-0.2, -0.15) is 0 Å². The van der Waals surface area contributed by atoms with Crippen molar-refractivity contribution in [2.75, 3.05) is 25.2 Å². The van der Waals surface area contributed by atoms with Gasteiger partial charge < -0.3 is 23.7 Å². The van der Waals surface area contributed by atoms with Crippen LogP contribution >= 0.6 is 11.3 Å². The Kier molecular flexibility index (Phi) is 9.57. The van der Waals surface area contributed by atoms with Crippen LogP contribution in [0.3, 0.4) is 0 Å². The number of aromatic nitrogens is 3. The SMILES string of the molecule is C=CCOC(=O)c1sc(N2C(=O)C(=O)/C(=C(/O)c3nc4c(C)cccn4c3C)C2c2ccc(OCCCCC)c(OC)c2)nc1C. The zero-order chi connectivity index (χ0) is 33.1. The molecule has 5 rings (SSSR count). The molecule has 0 saturated carbocycles. The molecule has 4 heterocycles. The van der Waals surface area contributed by atoms with Crippen LogP contribution in [0.15, 0.2) is 54.8 Å². The number of hydrogen-bond donors (Lipinski definition) is 1. The molecule has 1 atom stereocenters. The van der Waals surface area contributed by atoms with Crippen LogP contribution in [0.2, 0.25) is 0 Å². The van der Waals surface area contributed by atoms with E-state index in [4.69, 9.17) is 14.2 Å². The van der Waals surface area contributed by atoms with Crippen molar-refractivity contribution in [2.24, 2.45) is 0 Å². The minimum Gasteiger partial charge on any atom is -0.505 e. The number of carbonyl (C=O) groups excluding carboxylic acids is 3. The number of aliphatic hydroxyl groups is 1. The van der Waals surface area contributed by atoms with E-state index in [-0.39, 0.29) is 27.9 Å². The fourth-order valence-corrected chi connectivity index (χ4v) is 6.39. The predicted molar refractivity (Wildman–Crippen MR) is 175 cm³/mol. The topological polar surface area (TPSA) is 133 Å². The van der Waals surface area contributed by atoms with Gasteiger partial charge in [-0.05, 0) is 56.5 Å². The van der Waals surface area contributed by atoms with Crippen LogP contribution in [0, 0.1) is 20.8 Å². The van der Waals surface area contributed by atoms with Crippen molar-refractivity contribution in [1.82, 2.24) is 14.4 Å². The first-order valence-corrected chi connectivity index (χ1v) is 15.8. The summed E-state index contributed by atoms with van der Waals surface area (Å²) in [5.41, 5.74) is 2.86. The molecule has 11 nitrogen and oxygen atoms in total. The highest BCUT2D eigenvalue weighted by Crippen LogP contribution is 2.46. The number of thiazole rings is 1. The first-order chi connectivity index (χ1) is 22.1.